The highest BCUT2D eigenvalue weighted by molar-refractivity contribution is 5.21. The van der Waals surface area contributed by atoms with Crippen molar-refractivity contribution in [1.82, 2.24) is 15.1 Å². The molecule has 0 radical (unpaired) electrons. The van der Waals surface area contributed by atoms with Gasteiger partial charge in [-0.05, 0) is 0 Å². The largest absolute Gasteiger partial charge is 0.307 e. The van der Waals surface area contributed by atoms with E-state index in [-0.39, 0.29) is 0 Å². The van der Waals surface area contributed by atoms with Crippen LogP contribution >= 0.6 is 0 Å². The average molecular weight is 149 g/mol. The first-order chi connectivity index (χ1) is 5.42. The minimum Gasteiger partial charge on any atom is -0.307 e. The summed E-state index contributed by atoms with van der Waals surface area (Å²) < 4.78 is 1.99. The van der Waals surface area contributed by atoms with Crippen LogP contribution in [0.5, 0.6) is 0 Å². The molecule has 11 heavy (non-hydrogen) atoms. The molecule has 0 saturated carbocycles. The Morgan fingerprint density at radius 3 is 3.45 bits per heavy atom. The molecule has 2 heterocycles. The fourth-order valence-corrected chi connectivity index (χ4v) is 1.40. The molecule has 0 amide bonds. The van der Waals surface area contributed by atoms with E-state index in [2.05, 4.69) is 17.0 Å². The van der Waals surface area contributed by atoms with Crippen molar-refractivity contribution < 1.29 is 0 Å². The van der Waals surface area contributed by atoms with Crippen LogP contribution in [0.3, 0.4) is 0 Å². The van der Waals surface area contributed by atoms with Crippen LogP contribution in [0.4, 0.5) is 0 Å². The molecule has 1 aromatic heterocycles. The van der Waals surface area contributed by atoms with Gasteiger partial charge in [0, 0.05) is 18.7 Å². The molecule has 0 aromatic carbocycles. The first-order valence-electron chi connectivity index (χ1n) is 3.77. The minimum atomic E-state index is 0.816. The quantitative estimate of drug-likeness (QED) is 0.626. The summed E-state index contributed by atoms with van der Waals surface area (Å²) in [6, 6.07) is 0. The molecule has 1 aliphatic heterocycles. The van der Waals surface area contributed by atoms with Gasteiger partial charge in [-0.15, -0.1) is 6.58 Å². The fraction of sp³-hybridized carbons (Fsp3) is 0.375. The first-order valence-corrected chi connectivity index (χ1v) is 3.77. The maximum atomic E-state index is 4.23. The second-order valence-corrected chi connectivity index (χ2v) is 2.69. The zero-order valence-electron chi connectivity index (χ0n) is 6.38. The normalized spacial score (nSPS) is 14.9. The van der Waals surface area contributed by atoms with E-state index in [4.69, 9.17) is 0 Å². The molecule has 0 saturated heterocycles. The van der Waals surface area contributed by atoms with Gasteiger partial charge in [0.25, 0.3) is 0 Å². The molecule has 1 N–H and O–H groups in total. The molecule has 2 rings (SSSR count). The van der Waals surface area contributed by atoms with E-state index >= 15 is 0 Å². The second-order valence-electron chi connectivity index (χ2n) is 2.69. The lowest BCUT2D eigenvalue weighted by molar-refractivity contribution is 0.634. The number of fused-ring (bicyclic) bond motifs is 1. The van der Waals surface area contributed by atoms with Crippen LogP contribution in [-0.4, -0.2) is 9.78 Å². The number of allylic oxidation sites excluding steroid dienone is 1. The lowest BCUT2D eigenvalue weighted by Gasteiger charge is -1.99. The number of aromatic nitrogens is 2. The predicted molar refractivity (Wildman–Crippen MR) is 43.0 cm³/mol. The molecule has 0 aliphatic carbocycles. The molecule has 0 fully saturated rings. The minimum absolute atomic E-state index is 0.816. The summed E-state index contributed by atoms with van der Waals surface area (Å²) in [5.41, 5.74) is 2.64. The molecule has 0 unspecified atom stereocenters. The molecular formula is C8H11N3. The third-order valence-corrected chi connectivity index (χ3v) is 1.95. The zero-order chi connectivity index (χ0) is 7.68. The van der Waals surface area contributed by atoms with Crippen LogP contribution in [0.2, 0.25) is 0 Å². The molecule has 58 valence electrons. The van der Waals surface area contributed by atoms with E-state index in [1.54, 1.807) is 0 Å². The Morgan fingerprint density at radius 2 is 2.64 bits per heavy atom. The van der Waals surface area contributed by atoms with Crippen LogP contribution in [0.25, 0.3) is 0 Å². The predicted octanol–water partition coefficient (Wildman–Crippen LogP) is 0.672. The molecule has 0 bridgehead atoms. The van der Waals surface area contributed by atoms with Gasteiger partial charge < -0.3 is 5.32 Å². The summed E-state index contributed by atoms with van der Waals surface area (Å²) in [6.07, 6.45) is 3.80. The van der Waals surface area contributed by atoms with Crippen LogP contribution in [0.1, 0.15) is 11.3 Å². The average Bonchev–Trinajstić information content (AvgIpc) is 2.53. The molecule has 0 spiro atoms. The maximum Gasteiger partial charge on any atom is 0.0591 e. The summed E-state index contributed by atoms with van der Waals surface area (Å²) >= 11 is 0. The van der Waals surface area contributed by atoms with Gasteiger partial charge in [0.05, 0.1) is 18.4 Å². The van der Waals surface area contributed by atoms with Crippen LogP contribution in [0.15, 0.2) is 18.9 Å². The molecule has 0 atom stereocenters. The van der Waals surface area contributed by atoms with Gasteiger partial charge in [0.1, 0.15) is 0 Å². The van der Waals surface area contributed by atoms with Gasteiger partial charge >= 0.3 is 0 Å². The lowest BCUT2D eigenvalue weighted by atomic mass is 10.3. The summed E-state index contributed by atoms with van der Waals surface area (Å²) in [4.78, 5) is 0. The highest BCUT2D eigenvalue weighted by Crippen LogP contribution is 2.13. The fourth-order valence-electron chi connectivity index (χ4n) is 1.40. The standard InChI is InChI=1S/C8H11N3/c1-2-3-11-8-6-9-4-7(8)5-10-11/h2,5,9H,1,3-4,6H2. The van der Waals surface area contributed by atoms with Crippen molar-refractivity contribution in [1.29, 1.82) is 0 Å². The van der Waals surface area contributed by atoms with E-state index in [1.807, 2.05) is 17.0 Å². The molecule has 1 aromatic rings. The van der Waals surface area contributed by atoms with Crippen molar-refractivity contribution in [2.24, 2.45) is 0 Å². The monoisotopic (exact) mass is 149 g/mol. The maximum absolute atomic E-state index is 4.23. The van der Waals surface area contributed by atoms with Gasteiger partial charge in [-0.3, -0.25) is 4.68 Å². The molecule has 3 heteroatoms. The Labute approximate surface area is 65.7 Å². The summed E-state index contributed by atoms with van der Waals surface area (Å²) in [5.74, 6) is 0. The zero-order valence-corrected chi connectivity index (χ0v) is 6.38. The van der Waals surface area contributed by atoms with Gasteiger partial charge in [-0.25, -0.2) is 0 Å². The van der Waals surface area contributed by atoms with Crippen LogP contribution in [0, 0.1) is 0 Å². The Balaban J connectivity index is 2.34. The summed E-state index contributed by atoms with van der Waals surface area (Å²) in [7, 11) is 0. The third-order valence-electron chi connectivity index (χ3n) is 1.95. The highest BCUT2D eigenvalue weighted by atomic mass is 15.3. The smallest absolute Gasteiger partial charge is 0.0591 e. The Bertz CT molecular complexity index is 275. The van der Waals surface area contributed by atoms with Crippen molar-refractivity contribution in [3.05, 3.63) is 30.1 Å². The second kappa shape index (κ2) is 2.51. The number of nitrogens with zero attached hydrogens (tertiary/aromatic N) is 2. The number of hydrogen-bond acceptors (Lipinski definition) is 2. The van der Waals surface area contributed by atoms with E-state index in [0.717, 1.165) is 19.6 Å². The Morgan fingerprint density at radius 1 is 1.73 bits per heavy atom. The van der Waals surface area contributed by atoms with Crippen molar-refractivity contribution in [3.8, 4) is 0 Å². The molecular weight excluding hydrogens is 138 g/mol. The van der Waals surface area contributed by atoms with Crippen molar-refractivity contribution in [2.45, 2.75) is 19.6 Å². The van der Waals surface area contributed by atoms with Crippen LogP contribution < -0.4 is 5.32 Å². The van der Waals surface area contributed by atoms with Crippen LogP contribution in [-0.2, 0) is 19.6 Å². The van der Waals surface area contributed by atoms with E-state index in [1.165, 1.54) is 11.3 Å². The summed E-state index contributed by atoms with van der Waals surface area (Å²) in [6.45, 7) is 6.41. The number of nitrogens with one attached hydrogen (secondary N) is 1. The van der Waals surface area contributed by atoms with Gasteiger partial charge in [0.2, 0.25) is 0 Å². The highest BCUT2D eigenvalue weighted by Gasteiger charge is 2.14. The van der Waals surface area contributed by atoms with Gasteiger partial charge in [0.15, 0.2) is 0 Å². The SMILES string of the molecule is C=CCn1ncc2c1CNC2. The van der Waals surface area contributed by atoms with Gasteiger partial charge in [-0.1, -0.05) is 6.08 Å². The van der Waals surface area contributed by atoms with Crippen molar-refractivity contribution in [3.63, 3.8) is 0 Å². The Kier molecular flexibility index (Phi) is 1.51. The third kappa shape index (κ3) is 0.973. The number of hydrogen-bond donors (Lipinski definition) is 1. The summed E-state index contributed by atoms with van der Waals surface area (Å²) in [5, 5.41) is 7.50. The van der Waals surface area contributed by atoms with Crippen molar-refractivity contribution in [2.75, 3.05) is 0 Å². The van der Waals surface area contributed by atoms with E-state index < -0.39 is 0 Å². The van der Waals surface area contributed by atoms with Gasteiger partial charge in [-0.2, -0.15) is 5.10 Å². The van der Waals surface area contributed by atoms with Crippen molar-refractivity contribution >= 4 is 0 Å². The molecule has 1 aliphatic rings. The molecule has 3 nitrogen and oxygen atoms in total. The topological polar surface area (TPSA) is 29.9 Å². The lowest BCUT2D eigenvalue weighted by Crippen LogP contribution is -2.07. The first kappa shape index (κ1) is 6.61. The Hall–Kier alpha value is -1.09. The number of rotatable bonds is 2. The van der Waals surface area contributed by atoms with E-state index in [0.29, 0.717) is 0 Å². The van der Waals surface area contributed by atoms with E-state index in [9.17, 15) is 0 Å².